The first-order chi connectivity index (χ1) is 15.5. The molecule has 0 radical (unpaired) electrons. The number of aromatic nitrogens is 1. The van der Waals surface area contributed by atoms with E-state index in [1.807, 2.05) is 53.2 Å². The lowest BCUT2D eigenvalue weighted by Crippen LogP contribution is -2.09. The van der Waals surface area contributed by atoms with E-state index in [-0.39, 0.29) is 17.3 Å². The van der Waals surface area contributed by atoms with Crippen LogP contribution in [-0.4, -0.2) is 42.2 Å². The lowest BCUT2D eigenvalue weighted by Gasteiger charge is -2.04. The molecular formula is C24H23N3O4S. The highest BCUT2D eigenvalue weighted by molar-refractivity contribution is 7.91. The standard InChI is InChI=1S/C24H23N3O4S/c28-13-12-27-17-23(22-16-19(6-11-24(22)27)18-4-2-1-3-5-18)26-25-20-7-9-21(10-8-20)32(30,31)15-14-29/h1-11,16-17,28-29H,12-15H2. The van der Waals surface area contributed by atoms with Gasteiger partial charge in [0.1, 0.15) is 5.69 Å². The van der Waals surface area contributed by atoms with Crippen molar-refractivity contribution in [3.8, 4) is 11.1 Å². The molecule has 0 bridgehead atoms. The monoisotopic (exact) mass is 449 g/mol. The second-order valence-corrected chi connectivity index (χ2v) is 9.37. The highest BCUT2D eigenvalue weighted by Crippen LogP contribution is 2.33. The van der Waals surface area contributed by atoms with Crippen LogP contribution in [0, 0.1) is 0 Å². The Morgan fingerprint density at radius 3 is 2.25 bits per heavy atom. The van der Waals surface area contributed by atoms with Crippen LogP contribution in [0.2, 0.25) is 0 Å². The molecule has 0 saturated carbocycles. The van der Waals surface area contributed by atoms with Crippen LogP contribution in [0.5, 0.6) is 0 Å². The van der Waals surface area contributed by atoms with Gasteiger partial charge in [0.05, 0.1) is 35.1 Å². The van der Waals surface area contributed by atoms with Crippen LogP contribution < -0.4 is 0 Å². The molecule has 0 aliphatic heterocycles. The van der Waals surface area contributed by atoms with Crippen molar-refractivity contribution in [1.29, 1.82) is 0 Å². The molecule has 0 unspecified atom stereocenters. The van der Waals surface area contributed by atoms with Crippen molar-refractivity contribution in [3.63, 3.8) is 0 Å². The molecule has 0 aliphatic rings. The van der Waals surface area contributed by atoms with Crippen LogP contribution in [0.1, 0.15) is 0 Å². The van der Waals surface area contributed by atoms with Crippen LogP contribution in [0.15, 0.2) is 94.1 Å². The van der Waals surface area contributed by atoms with Crippen molar-refractivity contribution >= 4 is 32.1 Å². The molecule has 32 heavy (non-hydrogen) atoms. The average molecular weight is 450 g/mol. The van der Waals surface area contributed by atoms with Crippen molar-refractivity contribution in [3.05, 3.63) is 79.0 Å². The zero-order chi connectivity index (χ0) is 22.6. The fourth-order valence-corrected chi connectivity index (χ4v) is 4.56. The Hall–Kier alpha value is -3.33. The number of aliphatic hydroxyl groups is 2. The van der Waals surface area contributed by atoms with Gasteiger partial charge in [0.25, 0.3) is 0 Å². The number of hydrogen-bond donors (Lipinski definition) is 2. The van der Waals surface area contributed by atoms with E-state index in [1.54, 1.807) is 12.1 Å². The number of sulfone groups is 1. The Bertz CT molecular complexity index is 1350. The van der Waals surface area contributed by atoms with Crippen molar-refractivity contribution in [2.24, 2.45) is 10.2 Å². The second kappa shape index (κ2) is 9.44. The molecule has 0 atom stereocenters. The van der Waals surface area contributed by atoms with E-state index < -0.39 is 16.4 Å². The summed E-state index contributed by atoms with van der Waals surface area (Å²) in [7, 11) is -3.51. The van der Waals surface area contributed by atoms with Gasteiger partial charge in [0, 0.05) is 18.1 Å². The molecule has 0 aliphatic carbocycles. The zero-order valence-electron chi connectivity index (χ0n) is 17.3. The third-order valence-corrected chi connectivity index (χ3v) is 6.85. The molecule has 0 saturated heterocycles. The molecule has 0 amide bonds. The Morgan fingerprint density at radius 2 is 1.56 bits per heavy atom. The maximum atomic E-state index is 12.0. The number of benzene rings is 3. The van der Waals surface area contributed by atoms with Crippen LogP contribution in [0.3, 0.4) is 0 Å². The van der Waals surface area contributed by atoms with E-state index in [0.29, 0.717) is 17.9 Å². The van der Waals surface area contributed by atoms with Gasteiger partial charge in [-0.2, -0.15) is 5.11 Å². The van der Waals surface area contributed by atoms with Gasteiger partial charge in [-0.05, 0) is 47.5 Å². The van der Waals surface area contributed by atoms with E-state index in [9.17, 15) is 13.5 Å². The van der Waals surface area contributed by atoms with Crippen LogP contribution in [-0.2, 0) is 16.4 Å². The first-order valence-corrected chi connectivity index (χ1v) is 11.8. The minimum absolute atomic E-state index is 0.00454. The van der Waals surface area contributed by atoms with Gasteiger partial charge in [0.15, 0.2) is 9.84 Å². The van der Waals surface area contributed by atoms with Gasteiger partial charge < -0.3 is 14.8 Å². The summed E-state index contributed by atoms with van der Waals surface area (Å²) in [6.07, 6.45) is 1.85. The summed E-state index contributed by atoms with van der Waals surface area (Å²) in [5.41, 5.74) is 4.25. The molecule has 1 heterocycles. The van der Waals surface area contributed by atoms with Crippen LogP contribution in [0.4, 0.5) is 11.4 Å². The van der Waals surface area contributed by atoms with Crippen LogP contribution in [0.25, 0.3) is 22.0 Å². The first-order valence-electron chi connectivity index (χ1n) is 10.2. The average Bonchev–Trinajstić information content (AvgIpc) is 3.15. The lowest BCUT2D eigenvalue weighted by molar-refractivity contribution is 0.278. The zero-order valence-corrected chi connectivity index (χ0v) is 18.1. The highest BCUT2D eigenvalue weighted by Gasteiger charge is 2.13. The molecule has 4 rings (SSSR count). The summed E-state index contributed by atoms with van der Waals surface area (Å²) < 4.78 is 26.0. The van der Waals surface area contributed by atoms with Crippen LogP contribution >= 0.6 is 0 Å². The Labute approximate surface area is 186 Å². The summed E-state index contributed by atoms with van der Waals surface area (Å²) in [5.74, 6) is -0.317. The molecule has 2 N–H and O–H groups in total. The molecule has 7 nitrogen and oxygen atoms in total. The molecule has 4 aromatic rings. The molecule has 1 aromatic heterocycles. The highest BCUT2D eigenvalue weighted by atomic mass is 32.2. The van der Waals surface area contributed by atoms with E-state index in [0.717, 1.165) is 22.0 Å². The number of nitrogens with zero attached hydrogens (tertiary/aromatic N) is 3. The van der Waals surface area contributed by atoms with E-state index >= 15 is 0 Å². The summed E-state index contributed by atoms with van der Waals surface area (Å²) in [5, 5.41) is 27.9. The maximum Gasteiger partial charge on any atom is 0.180 e. The predicted octanol–water partition coefficient (Wildman–Crippen LogP) is 4.48. The van der Waals surface area contributed by atoms with Crippen molar-refractivity contribution in [2.45, 2.75) is 11.4 Å². The van der Waals surface area contributed by atoms with Crippen molar-refractivity contribution in [2.75, 3.05) is 19.0 Å². The summed E-state index contributed by atoms with van der Waals surface area (Å²) in [4.78, 5) is 0.137. The molecular weight excluding hydrogens is 426 g/mol. The third-order valence-electron chi connectivity index (χ3n) is 5.14. The number of rotatable bonds is 8. The summed E-state index contributed by atoms with van der Waals surface area (Å²) in [6.45, 7) is 0.0192. The number of fused-ring (bicyclic) bond motifs is 1. The summed E-state index contributed by atoms with van der Waals surface area (Å²) >= 11 is 0. The van der Waals surface area contributed by atoms with E-state index in [1.165, 1.54) is 12.1 Å². The Balaban J connectivity index is 1.69. The fourth-order valence-electron chi connectivity index (χ4n) is 3.53. The van der Waals surface area contributed by atoms with Gasteiger partial charge in [-0.25, -0.2) is 8.42 Å². The van der Waals surface area contributed by atoms with Crippen molar-refractivity contribution in [1.82, 2.24) is 4.57 Å². The SMILES string of the molecule is O=S(=O)(CCO)c1ccc(N=Nc2cn(CCO)c3ccc(-c4ccccc4)cc23)cc1. The van der Waals surface area contributed by atoms with Gasteiger partial charge in [-0.15, -0.1) is 5.11 Å². The molecule has 8 heteroatoms. The van der Waals surface area contributed by atoms with Crippen molar-refractivity contribution < 1.29 is 18.6 Å². The number of aliphatic hydroxyl groups excluding tert-OH is 2. The van der Waals surface area contributed by atoms with Gasteiger partial charge >= 0.3 is 0 Å². The van der Waals surface area contributed by atoms with E-state index in [4.69, 9.17) is 5.11 Å². The molecule has 164 valence electrons. The smallest absolute Gasteiger partial charge is 0.180 e. The predicted molar refractivity (Wildman–Crippen MR) is 124 cm³/mol. The number of hydrogen-bond acceptors (Lipinski definition) is 6. The molecule has 0 spiro atoms. The number of azo groups is 1. The fraction of sp³-hybridized carbons (Fsp3) is 0.167. The molecule has 0 fully saturated rings. The van der Waals surface area contributed by atoms with E-state index in [2.05, 4.69) is 16.3 Å². The quantitative estimate of drug-likeness (QED) is 0.387. The third kappa shape index (κ3) is 4.62. The minimum atomic E-state index is -3.51. The molecule has 3 aromatic carbocycles. The Kier molecular flexibility index (Phi) is 6.45. The Morgan fingerprint density at radius 1 is 0.812 bits per heavy atom. The second-order valence-electron chi connectivity index (χ2n) is 7.27. The first kappa shape index (κ1) is 21.9. The van der Waals surface area contributed by atoms with Gasteiger partial charge in [-0.1, -0.05) is 36.4 Å². The largest absolute Gasteiger partial charge is 0.395 e. The van der Waals surface area contributed by atoms with Gasteiger partial charge in [-0.3, -0.25) is 0 Å². The van der Waals surface area contributed by atoms with Gasteiger partial charge in [0.2, 0.25) is 0 Å². The lowest BCUT2D eigenvalue weighted by atomic mass is 10.0. The topological polar surface area (TPSA) is 104 Å². The maximum absolute atomic E-state index is 12.0. The normalized spacial score (nSPS) is 12.1. The summed E-state index contributed by atoms with van der Waals surface area (Å²) in [6, 6.07) is 22.2. The minimum Gasteiger partial charge on any atom is -0.395 e.